The molecule has 6 unspecified atom stereocenters. The zero-order chi connectivity index (χ0) is 41.3. The Morgan fingerprint density at radius 2 is 1.32 bits per heavy atom. The van der Waals surface area contributed by atoms with Gasteiger partial charge in [0.25, 0.3) is 0 Å². The lowest BCUT2D eigenvalue weighted by molar-refractivity contribution is -0.153. The van der Waals surface area contributed by atoms with Crippen molar-refractivity contribution >= 4 is 35.4 Å². The summed E-state index contributed by atoms with van der Waals surface area (Å²) in [4.78, 5) is 88.7. The molecule has 3 N–H and O–H groups in total. The molecule has 0 radical (unpaired) electrons. The van der Waals surface area contributed by atoms with Gasteiger partial charge in [0.1, 0.15) is 24.2 Å². The Balaban J connectivity index is 1.30. The SMILES string of the molecule is CC(C)C(NC(=O)C(C(C)C)N(C)C)C(=O)N(C)C(C(=O)N1CCCC1C(=O)N1CCCC1C(=O)NCCCCC(=O)N[C@H]1CCCCCCC2C[C@@H]21)C(C)C. The molecule has 2 aliphatic carbocycles. The first-order valence-electron chi connectivity index (χ1n) is 22.0. The van der Waals surface area contributed by atoms with E-state index in [9.17, 15) is 28.8 Å². The smallest absolute Gasteiger partial charge is 0.246 e. The van der Waals surface area contributed by atoms with Crippen LogP contribution >= 0.6 is 0 Å². The molecule has 2 aliphatic heterocycles. The third-order valence-electron chi connectivity index (χ3n) is 12.8. The highest BCUT2D eigenvalue weighted by atomic mass is 16.2. The minimum atomic E-state index is -0.838. The summed E-state index contributed by atoms with van der Waals surface area (Å²) in [6, 6.07) is -3.08. The van der Waals surface area contributed by atoms with Crippen LogP contribution < -0.4 is 16.0 Å². The van der Waals surface area contributed by atoms with E-state index in [2.05, 4.69) is 16.0 Å². The number of likely N-dealkylation sites (tertiary alicyclic amines) is 2. The monoisotopic (exact) mass is 786 g/mol. The number of unbranched alkanes of at least 4 members (excludes halogenated alkanes) is 1. The van der Waals surface area contributed by atoms with Gasteiger partial charge in [-0.15, -0.1) is 0 Å². The number of fused-ring (bicyclic) bond motifs is 1. The third-order valence-corrected chi connectivity index (χ3v) is 12.8. The predicted molar refractivity (Wildman–Crippen MR) is 218 cm³/mol. The van der Waals surface area contributed by atoms with Crippen molar-refractivity contribution in [2.24, 2.45) is 29.6 Å². The number of nitrogens with one attached hydrogen (secondary N) is 3. The van der Waals surface area contributed by atoms with E-state index in [-0.39, 0.29) is 53.2 Å². The van der Waals surface area contributed by atoms with Crippen LogP contribution in [0.15, 0.2) is 0 Å². The molecule has 0 aromatic carbocycles. The number of carbonyl (C=O) groups is 6. The van der Waals surface area contributed by atoms with Crippen LogP contribution in [0.25, 0.3) is 0 Å². The van der Waals surface area contributed by atoms with Crippen molar-refractivity contribution in [3.63, 3.8) is 0 Å². The Morgan fingerprint density at radius 1 is 0.696 bits per heavy atom. The zero-order valence-electron chi connectivity index (χ0n) is 36.1. The molecule has 2 heterocycles. The van der Waals surface area contributed by atoms with Crippen molar-refractivity contribution in [1.29, 1.82) is 0 Å². The molecular weight excluding hydrogens is 711 g/mol. The number of rotatable bonds is 17. The van der Waals surface area contributed by atoms with Crippen LogP contribution in [0.2, 0.25) is 0 Å². The first-order valence-corrected chi connectivity index (χ1v) is 22.0. The van der Waals surface area contributed by atoms with E-state index in [0.29, 0.717) is 76.5 Å². The summed E-state index contributed by atoms with van der Waals surface area (Å²) in [5.41, 5.74) is 0. The van der Waals surface area contributed by atoms with Gasteiger partial charge in [0.2, 0.25) is 35.4 Å². The molecule has 13 nitrogen and oxygen atoms in total. The highest BCUT2D eigenvalue weighted by Gasteiger charge is 2.46. The molecule has 0 bridgehead atoms. The fourth-order valence-electron chi connectivity index (χ4n) is 9.72. The van der Waals surface area contributed by atoms with Crippen LogP contribution in [0.1, 0.15) is 131 Å². The van der Waals surface area contributed by atoms with Crippen LogP contribution in [0.3, 0.4) is 0 Å². The summed E-state index contributed by atoms with van der Waals surface area (Å²) in [7, 11) is 5.29. The number of carbonyl (C=O) groups excluding carboxylic acids is 6. The van der Waals surface area contributed by atoms with Crippen molar-refractivity contribution in [3.05, 3.63) is 0 Å². The third kappa shape index (κ3) is 11.7. The lowest BCUT2D eigenvalue weighted by Gasteiger charge is -2.38. The zero-order valence-corrected chi connectivity index (χ0v) is 36.1. The standard InChI is InChI=1S/C43H75N7O6/c1-27(2)36(46-40(53)37(28(3)4)47(7)8)42(55)48(9)38(29(5)6)43(56)50-25-17-21-34(50)41(54)49-24-16-20-33(49)39(52)44-23-15-14-22-35(51)45-32-19-13-11-10-12-18-30-26-31(30)32/h27-34,36-38H,10-26H2,1-9H3,(H,44,52)(H,45,51)(H,46,53)/t30?,31-,32-,33?,34?,36?,37?,38?/m0/s1. The molecule has 2 saturated heterocycles. The van der Waals surface area contributed by atoms with Crippen LogP contribution in [-0.4, -0.2) is 132 Å². The fraction of sp³-hybridized carbons (Fsp3) is 0.860. The van der Waals surface area contributed by atoms with Crippen molar-refractivity contribution in [3.8, 4) is 0 Å². The molecule has 4 aliphatic rings. The number of hydrogen-bond donors (Lipinski definition) is 3. The summed E-state index contributed by atoms with van der Waals surface area (Å²) in [6.45, 7) is 12.7. The first kappa shape index (κ1) is 45.5. The molecule has 56 heavy (non-hydrogen) atoms. The maximum absolute atomic E-state index is 14.4. The van der Waals surface area contributed by atoms with Crippen molar-refractivity contribution in [1.82, 2.24) is 35.6 Å². The highest BCUT2D eigenvalue weighted by Crippen LogP contribution is 2.47. The second-order valence-corrected chi connectivity index (χ2v) is 18.5. The van der Waals surface area contributed by atoms with Gasteiger partial charge in [0.15, 0.2) is 0 Å². The first-order chi connectivity index (χ1) is 26.5. The largest absolute Gasteiger partial charge is 0.354 e. The summed E-state index contributed by atoms with van der Waals surface area (Å²) in [5, 5.41) is 9.32. The number of nitrogens with zero attached hydrogens (tertiary/aromatic N) is 4. The average molecular weight is 786 g/mol. The molecule has 4 fully saturated rings. The van der Waals surface area contributed by atoms with Gasteiger partial charge in [0.05, 0.1) is 6.04 Å². The summed E-state index contributed by atoms with van der Waals surface area (Å²) in [5.74, 6) is -0.183. The fourth-order valence-corrected chi connectivity index (χ4v) is 9.72. The summed E-state index contributed by atoms with van der Waals surface area (Å²) in [6.07, 6.45) is 12.9. The molecule has 4 rings (SSSR count). The Hall–Kier alpha value is -3.22. The van der Waals surface area contributed by atoms with Crippen molar-refractivity contribution in [2.75, 3.05) is 40.8 Å². The van der Waals surface area contributed by atoms with E-state index in [1.165, 1.54) is 43.4 Å². The van der Waals surface area contributed by atoms with Gasteiger partial charge >= 0.3 is 0 Å². The van der Waals surface area contributed by atoms with E-state index in [1.54, 1.807) is 16.8 Å². The summed E-state index contributed by atoms with van der Waals surface area (Å²) >= 11 is 0. The molecule has 0 aromatic heterocycles. The molecule has 13 heteroatoms. The van der Waals surface area contributed by atoms with Crippen LogP contribution in [-0.2, 0) is 28.8 Å². The molecule has 8 atom stereocenters. The van der Waals surface area contributed by atoms with Crippen LogP contribution in [0, 0.1) is 29.6 Å². The van der Waals surface area contributed by atoms with E-state index < -0.39 is 30.2 Å². The number of likely N-dealkylation sites (N-methyl/N-ethyl adjacent to an activating group) is 2. The maximum atomic E-state index is 14.4. The van der Waals surface area contributed by atoms with E-state index >= 15 is 0 Å². The summed E-state index contributed by atoms with van der Waals surface area (Å²) < 4.78 is 0. The normalized spacial score (nSPS) is 25.6. The molecular formula is C43H75N7O6. The lowest BCUT2D eigenvalue weighted by atomic mass is 9.96. The van der Waals surface area contributed by atoms with Gasteiger partial charge in [0, 0.05) is 39.1 Å². The van der Waals surface area contributed by atoms with Crippen LogP contribution in [0.4, 0.5) is 0 Å². The second kappa shape index (κ2) is 21.0. The van der Waals surface area contributed by atoms with Gasteiger partial charge in [-0.25, -0.2) is 0 Å². The topological polar surface area (TPSA) is 151 Å². The quantitative estimate of drug-likeness (QED) is 0.189. The number of hydrogen-bond acceptors (Lipinski definition) is 7. The Kier molecular flexibility index (Phi) is 17.0. The second-order valence-electron chi connectivity index (χ2n) is 18.5. The van der Waals surface area contributed by atoms with E-state index in [0.717, 1.165) is 12.3 Å². The molecule has 0 aromatic rings. The highest BCUT2D eigenvalue weighted by molar-refractivity contribution is 5.96. The number of amides is 6. The van der Waals surface area contributed by atoms with Crippen molar-refractivity contribution < 1.29 is 28.8 Å². The van der Waals surface area contributed by atoms with E-state index in [1.807, 2.05) is 60.5 Å². The Morgan fingerprint density at radius 3 is 1.95 bits per heavy atom. The minimum Gasteiger partial charge on any atom is -0.354 e. The molecule has 318 valence electrons. The van der Waals surface area contributed by atoms with Gasteiger partial charge in [-0.05, 0) is 95.1 Å². The van der Waals surface area contributed by atoms with Crippen LogP contribution in [0.5, 0.6) is 0 Å². The van der Waals surface area contributed by atoms with Gasteiger partial charge in [-0.2, -0.15) is 0 Å². The predicted octanol–water partition coefficient (Wildman–Crippen LogP) is 3.94. The minimum absolute atomic E-state index is 0.0289. The molecule has 2 saturated carbocycles. The van der Waals surface area contributed by atoms with Gasteiger partial charge < -0.3 is 30.7 Å². The Labute approximate surface area is 337 Å². The molecule has 6 amide bonds. The Bertz CT molecular complexity index is 1360. The van der Waals surface area contributed by atoms with Gasteiger partial charge in [-0.1, -0.05) is 73.6 Å². The maximum Gasteiger partial charge on any atom is 0.246 e. The van der Waals surface area contributed by atoms with Crippen molar-refractivity contribution in [2.45, 2.75) is 168 Å². The lowest BCUT2D eigenvalue weighted by Crippen LogP contribution is -2.61. The average Bonchev–Trinajstić information content (AvgIpc) is 3.47. The van der Waals surface area contributed by atoms with Gasteiger partial charge in [-0.3, -0.25) is 33.7 Å². The van der Waals surface area contributed by atoms with E-state index in [4.69, 9.17) is 0 Å². The molecule has 0 spiro atoms.